The Labute approximate surface area is 54.2 Å². The number of hydrogen-bond donors (Lipinski definition) is 2. The third kappa shape index (κ3) is 3.58. The van der Waals surface area contributed by atoms with E-state index >= 15 is 0 Å². The predicted molar refractivity (Wildman–Crippen MR) is 34.7 cm³/mol. The van der Waals surface area contributed by atoms with Crippen molar-refractivity contribution in [3.63, 3.8) is 0 Å². The molecule has 0 aromatic heterocycles. The predicted octanol–water partition coefficient (Wildman–Crippen LogP) is 0.570. The Morgan fingerprint density at radius 2 is 2.11 bits per heavy atom. The number of aliphatic carboxylic acids is 1. The molecule has 0 saturated heterocycles. The molecule has 0 saturated carbocycles. The maximum Gasteiger partial charge on any atom is 0.351 e. The molecule has 0 radical (unpaired) electrons. The number of carboxylic acid groups (broad SMARTS) is 1. The summed E-state index contributed by atoms with van der Waals surface area (Å²) in [5.74, 6) is -0.857. The van der Waals surface area contributed by atoms with Gasteiger partial charge in [-0.05, 0) is 5.92 Å². The van der Waals surface area contributed by atoms with Gasteiger partial charge in [0.05, 0.1) is 0 Å². The first-order valence-corrected chi connectivity index (χ1v) is 2.74. The van der Waals surface area contributed by atoms with Crippen LogP contribution in [0.1, 0.15) is 13.8 Å². The average Bonchev–Trinajstić information content (AvgIpc) is 1.63. The van der Waals surface area contributed by atoms with Crippen LogP contribution in [-0.2, 0) is 4.79 Å². The van der Waals surface area contributed by atoms with Gasteiger partial charge >= 0.3 is 5.97 Å². The van der Waals surface area contributed by atoms with Gasteiger partial charge in [0.25, 0.3) is 0 Å². The molecule has 0 spiro atoms. The molecular weight excluding hydrogens is 118 g/mol. The summed E-state index contributed by atoms with van der Waals surface area (Å²) in [7, 11) is 0. The molecule has 0 bridgehead atoms. The summed E-state index contributed by atoms with van der Waals surface area (Å²) in [5, 5.41) is 8.24. The van der Waals surface area contributed by atoms with Crippen molar-refractivity contribution in [3.05, 3.63) is 11.8 Å². The lowest BCUT2D eigenvalue weighted by molar-refractivity contribution is -0.132. The minimum atomic E-state index is -1.05. The lowest BCUT2D eigenvalue weighted by Gasteiger charge is -1.95. The number of carboxylic acids is 1. The SMILES string of the molecule is CC(C)/C=C(/N)C(=O)O. The highest BCUT2D eigenvalue weighted by atomic mass is 16.4. The van der Waals surface area contributed by atoms with E-state index in [1.165, 1.54) is 6.08 Å². The molecule has 0 amide bonds. The Hall–Kier alpha value is -0.990. The topological polar surface area (TPSA) is 63.3 Å². The zero-order chi connectivity index (χ0) is 7.44. The van der Waals surface area contributed by atoms with Crippen LogP contribution in [0.3, 0.4) is 0 Å². The molecule has 3 nitrogen and oxygen atoms in total. The number of allylic oxidation sites excluding steroid dienone is 1. The van der Waals surface area contributed by atoms with E-state index in [2.05, 4.69) is 0 Å². The van der Waals surface area contributed by atoms with Gasteiger partial charge in [-0.2, -0.15) is 0 Å². The quantitative estimate of drug-likeness (QED) is 0.536. The van der Waals surface area contributed by atoms with Crippen LogP contribution in [0.2, 0.25) is 0 Å². The van der Waals surface area contributed by atoms with E-state index in [9.17, 15) is 4.79 Å². The van der Waals surface area contributed by atoms with Crippen molar-refractivity contribution in [3.8, 4) is 0 Å². The highest BCUT2D eigenvalue weighted by Crippen LogP contribution is 1.96. The van der Waals surface area contributed by atoms with Gasteiger partial charge in [-0.15, -0.1) is 0 Å². The van der Waals surface area contributed by atoms with Crippen molar-refractivity contribution in [1.82, 2.24) is 0 Å². The van der Waals surface area contributed by atoms with Crippen LogP contribution in [0.25, 0.3) is 0 Å². The fourth-order valence-corrected chi connectivity index (χ4v) is 0.430. The molecule has 0 aromatic carbocycles. The lowest BCUT2D eigenvalue weighted by atomic mass is 10.2. The molecule has 0 aliphatic carbocycles. The number of nitrogens with two attached hydrogens (primary N) is 1. The summed E-state index contributed by atoms with van der Waals surface area (Å²) in [5.41, 5.74) is 5.00. The Balaban J connectivity index is 4.00. The lowest BCUT2D eigenvalue weighted by Crippen LogP contribution is -2.10. The highest BCUT2D eigenvalue weighted by Gasteiger charge is 1.99. The Kier molecular flexibility index (Phi) is 2.78. The smallest absolute Gasteiger partial charge is 0.351 e. The summed E-state index contributed by atoms with van der Waals surface area (Å²) >= 11 is 0. The van der Waals surface area contributed by atoms with E-state index in [4.69, 9.17) is 10.8 Å². The first-order chi connectivity index (χ1) is 4.04. The number of hydrogen-bond acceptors (Lipinski definition) is 2. The molecule has 0 aromatic rings. The largest absolute Gasteiger partial charge is 0.477 e. The van der Waals surface area contributed by atoms with E-state index in [1.54, 1.807) is 0 Å². The Morgan fingerprint density at radius 3 is 2.22 bits per heavy atom. The van der Waals surface area contributed by atoms with E-state index < -0.39 is 5.97 Å². The van der Waals surface area contributed by atoms with Gasteiger partial charge in [0.15, 0.2) is 0 Å². The second kappa shape index (κ2) is 3.12. The highest BCUT2D eigenvalue weighted by molar-refractivity contribution is 5.85. The van der Waals surface area contributed by atoms with Crippen LogP contribution in [0.5, 0.6) is 0 Å². The minimum absolute atomic E-state index is 0.0787. The van der Waals surface area contributed by atoms with E-state index in [0.717, 1.165) is 0 Å². The summed E-state index contributed by atoms with van der Waals surface area (Å²) in [4.78, 5) is 10.0. The minimum Gasteiger partial charge on any atom is -0.477 e. The molecule has 3 N–H and O–H groups in total. The molecule has 0 unspecified atom stereocenters. The molecule has 52 valence electrons. The van der Waals surface area contributed by atoms with Crippen molar-refractivity contribution in [2.24, 2.45) is 11.7 Å². The molecule has 0 aliphatic rings. The zero-order valence-corrected chi connectivity index (χ0v) is 5.59. The fraction of sp³-hybridized carbons (Fsp3) is 0.500. The van der Waals surface area contributed by atoms with Crippen LogP contribution in [0.4, 0.5) is 0 Å². The van der Waals surface area contributed by atoms with Crippen molar-refractivity contribution < 1.29 is 9.90 Å². The van der Waals surface area contributed by atoms with Gasteiger partial charge < -0.3 is 10.8 Å². The first kappa shape index (κ1) is 8.01. The number of rotatable bonds is 2. The summed E-state index contributed by atoms with van der Waals surface area (Å²) in [6.07, 6.45) is 1.50. The van der Waals surface area contributed by atoms with Crippen molar-refractivity contribution in [2.45, 2.75) is 13.8 Å². The fourth-order valence-electron chi connectivity index (χ4n) is 0.430. The van der Waals surface area contributed by atoms with Crippen LogP contribution < -0.4 is 5.73 Å². The third-order valence-electron chi connectivity index (χ3n) is 0.760. The normalized spacial score (nSPS) is 12.1. The van der Waals surface area contributed by atoms with Gasteiger partial charge in [-0.1, -0.05) is 19.9 Å². The molecule has 0 aliphatic heterocycles. The van der Waals surface area contributed by atoms with Crippen LogP contribution >= 0.6 is 0 Å². The Bertz CT molecular complexity index is 138. The third-order valence-corrected chi connectivity index (χ3v) is 0.760. The summed E-state index contributed by atoms with van der Waals surface area (Å²) < 4.78 is 0. The van der Waals surface area contributed by atoms with Gasteiger partial charge in [-0.3, -0.25) is 0 Å². The van der Waals surface area contributed by atoms with Crippen LogP contribution in [-0.4, -0.2) is 11.1 Å². The molecular formula is C6H11NO2. The second-order valence-electron chi connectivity index (χ2n) is 2.17. The Morgan fingerprint density at radius 1 is 1.67 bits per heavy atom. The standard InChI is InChI=1S/C6H11NO2/c1-4(2)3-5(7)6(8)9/h3-4H,7H2,1-2H3,(H,8,9)/b5-3+. The van der Waals surface area contributed by atoms with Gasteiger partial charge in [0.2, 0.25) is 0 Å². The average molecular weight is 129 g/mol. The van der Waals surface area contributed by atoms with Crippen molar-refractivity contribution in [1.29, 1.82) is 0 Å². The molecule has 0 heterocycles. The van der Waals surface area contributed by atoms with Crippen LogP contribution in [0, 0.1) is 5.92 Å². The molecule has 9 heavy (non-hydrogen) atoms. The van der Waals surface area contributed by atoms with Gasteiger partial charge in [0.1, 0.15) is 5.70 Å². The summed E-state index contributed by atoms with van der Waals surface area (Å²) in [6.45, 7) is 3.74. The summed E-state index contributed by atoms with van der Waals surface area (Å²) in [6, 6.07) is 0. The maximum atomic E-state index is 10.0. The maximum absolute atomic E-state index is 10.0. The van der Waals surface area contributed by atoms with Crippen LogP contribution in [0.15, 0.2) is 11.8 Å². The van der Waals surface area contributed by atoms with Gasteiger partial charge in [0, 0.05) is 0 Å². The monoisotopic (exact) mass is 129 g/mol. The molecule has 0 fully saturated rings. The number of carbonyl (C=O) groups is 1. The first-order valence-electron chi connectivity index (χ1n) is 2.74. The molecule has 3 heteroatoms. The molecule has 0 atom stereocenters. The van der Waals surface area contributed by atoms with Crippen molar-refractivity contribution in [2.75, 3.05) is 0 Å². The zero-order valence-electron chi connectivity index (χ0n) is 5.59. The van der Waals surface area contributed by atoms with E-state index in [-0.39, 0.29) is 11.6 Å². The molecule has 0 rings (SSSR count). The van der Waals surface area contributed by atoms with Gasteiger partial charge in [-0.25, -0.2) is 4.79 Å². The van der Waals surface area contributed by atoms with E-state index in [1.807, 2.05) is 13.8 Å². The second-order valence-corrected chi connectivity index (χ2v) is 2.17. The van der Waals surface area contributed by atoms with E-state index in [0.29, 0.717) is 0 Å². The van der Waals surface area contributed by atoms with Crippen molar-refractivity contribution >= 4 is 5.97 Å².